The number of methoxy groups -OCH3 is 1. The maximum Gasteiger partial charge on any atom is 0.325 e. The molecule has 0 aliphatic carbocycles. The van der Waals surface area contributed by atoms with Crippen LogP contribution in [0.4, 0.5) is 5.69 Å². The number of amides is 1. The Hall–Kier alpha value is -2.24. The summed E-state index contributed by atoms with van der Waals surface area (Å²) < 4.78 is 10.00. The third kappa shape index (κ3) is 4.66. The largest absolute Gasteiger partial charge is 0.495 e. The van der Waals surface area contributed by atoms with Gasteiger partial charge >= 0.3 is 5.97 Å². The Morgan fingerprint density at radius 1 is 1.29 bits per heavy atom. The third-order valence-electron chi connectivity index (χ3n) is 2.89. The molecule has 0 bridgehead atoms. The van der Waals surface area contributed by atoms with Crippen LogP contribution in [-0.2, 0) is 9.53 Å². The second kappa shape index (κ2) is 8.14. The Labute approximate surface area is 124 Å². The van der Waals surface area contributed by atoms with Gasteiger partial charge in [0.25, 0.3) is 5.91 Å². The summed E-state index contributed by atoms with van der Waals surface area (Å²) in [5.41, 5.74) is 6.62. The molecule has 0 saturated carbocycles. The van der Waals surface area contributed by atoms with Gasteiger partial charge in [0.15, 0.2) is 0 Å². The van der Waals surface area contributed by atoms with Gasteiger partial charge in [-0.1, -0.05) is 6.92 Å². The topological polar surface area (TPSA) is 81.9 Å². The van der Waals surface area contributed by atoms with Crippen molar-refractivity contribution in [3.63, 3.8) is 0 Å². The molecule has 0 unspecified atom stereocenters. The van der Waals surface area contributed by atoms with Crippen LogP contribution in [0.5, 0.6) is 5.75 Å². The van der Waals surface area contributed by atoms with Crippen molar-refractivity contribution in [2.24, 2.45) is 0 Å². The molecule has 0 spiro atoms. The first-order chi connectivity index (χ1) is 10.0. The van der Waals surface area contributed by atoms with Gasteiger partial charge in [-0.15, -0.1) is 0 Å². The van der Waals surface area contributed by atoms with Crippen LogP contribution >= 0.6 is 0 Å². The van der Waals surface area contributed by atoms with E-state index >= 15 is 0 Å². The van der Waals surface area contributed by atoms with Crippen LogP contribution in [0.25, 0.3) is 0 Å². The van der Waals surface area contributed by atoms with Crippen LogP contribution in [-0.4, -0.2) is 43.6 Å². The van der Waals surface area contributed by atoms with Gasteiger partial charge in [0.1, 0.15) is 12.3 Å². The second-order valence-electron chi connectivity index (χ2n) is 4.49. The zero-order valence-electron chi connectivity index (χ0n) is 12.7. The van der Waals surface area contributed by atoms with E-state index in [1.165, 1.54) is 12.0 Å². The summed E-state index contributed by atoms with van der Waals surface area (Å²) in [5.74, 6) is -0.224. The van der Waals surface area contributed by atoms with E-state index in [1.807, 2.05) is 6.92 Å². The zero-order chi connectivity index (χ0) is 15.8. The van der Waals surface area contributed by atoms with Crippen molar-refractivity contribution in [2.45, 2.75) is 20.3 Å². The van der Waals surface area contributed by atoms with E-state index in [4.69, 9.17) is 15.2 Å². The molecular weight excluding hydrogens is 272 g/mol. The van der Waals surface area contributed by atoms with Crippen molar-refractivity contribution in [1.29, 1.82) is 0 Å². The molecular formula is C15H22N2O4. The predicted molar refractivity (Wildman–Crippen MR) is 80.2 cm³/mol. The SMILES string of the molecule is CCCN(CC(=O)OCC)C(=O)c1ccc(N)c(OC)c1. The van der Waals surface area contributed by atoms with Gasteiger partial charge in [0.2, 0.25) is 0 Å². The van der Waals surface area contributed by atoms with Crippen molar-refractivity contribution in [3.05, 3.63) is 23.8 Å². The van der Waals surface area contributed by atoms with Gasteiger partial charge in [-0.25, -0.2) is 0 Å². The molecule has 0 heterocycles. The fourth-order valence-electron chi connectivity index (χ4n) is 1.91. The van der Waals surface area contributed by atoms with Crippen LogP contribution in [0, 0.1) is 0 Å². The molecule has 0 aliphatic rings. The zero-order valence-corrected chi connectivity index (χ0v) is 12.7. The molecule has 6 nitrogen and oxygen atoms in total. The molecule has 6 heteroatoms. The second-order valence-corrected chi connectivity index (χ2v) is 4.49. The van der Waals surface area contributed by atoms with E-state index < -0.39 is 5.97 Å². The molecule has 0 radical (unpaired) electrons. The Morgan fingerprint density at radius 2 is 2.00 bits per heavy atom. The number of carbonyl (C=O) groups is 2. The highest BCUT2D eigenvalue weighted by atomic mass is 16.5. The number of anilines is 1. The van der Waals surface area contributed by atoms with Crippen LogP contribution in [0.2, 0.25) is 0 Å². The Balaban J connectivity index is 2.92. The number of nitrogen functional groups attached to an aromatic ring is 1. The van der Waals surface area contributed by atoms with Crippen molar-refractivity contribution in [3.8, 4) is 5.75 Å². The number of hydrogen-bond donors (Lipinski definition) is 1. The van der Waals surface area contributed by atoms with Crippen molar-refractivity contribution >= 4 is 17.6 Å². The molecule has 0 atom stereocenters. The minimum Gasteiger partial charge on any atom is -0.495 e. The van der Waals surface area contributed by atoms with E-state index in [1.54, 1.807) is 25.1 Å². The molecule has 1 aromatic carbocycles. The van der Waals surface area contributed by atoms with Crippen molar-refractivity contribution < 1.29 is 19.1 Å². The molecule has 0 aliphatic heterocycles. The van der Waals surface area contributed by atoms with Crippen LogP contribution in [0.15, 0.2) is 18.2 Å². The normalized spacial score (nSPS) is 10.0. The van der Waals surface area contributed by atoms with Crippen LogP contribution < -0.4 is 10.5 Å². The highest BCUT2D eigenvalue weighted by Crippen LogP contribution is 2.23. The maximum absolute atomic E-state index is 12.5. The average Bonchev–Trinajstić information content (AvgIpc) is 2.47. The fourth-order valence-corrected chi connectivity index (χ4v) is 1.91. The van der Waals surface area contributed by atoms with Crippen LogP contribution in [0.3, 0.4) is 0 Å². The lowest BCUT2D eigenvalue weighted by molar-refractivity contribution is -0.143. The molecule has 0 fully saturated rings. The summed E-state index contributed by atoms with van der Waals surface area (Å²) in [6.07, 6.45) is 0.747. The Kier molecular flexibility index (Phi) is 6.52. The third-order valence-corrected chi connectivity index (χ3v) is 2.89. The summed E-state index contributed by atoms with van der Waals surface area (Å²) in [6, 6.07) is 4.81. The average molecular weight is 294 g/mol. The van der Waals surface area contributed by atoms with Gasteiger partial charge in [0.05, 0.1) is 19.4 Å². The minimum atomic E-state index is -0.415. The van der Waals surface area contributed by atoms with Gasteiger partial charge in [-0.3, -0.25) is 9.59 Å². The summed E-state index contributed by atoms with van der Waals surface area (Å²) >= 11 is 0. The van der Waals surface area contributed by atoms with E-state index in [0.29, 0.717) is 30.2 Å². The van der Waals surface area contributed by atoms with Gasteiger partial charge in [-0.2, -0.15) is 0 Å². The highest BCUT2D eigenvalue weighted by Gasteiger charge is 2.19. The summed E-state index contributed by atoms with van der Waals surface area (Å²) in [6.45, 7) is 4.38. The molecule has 2 N–H and O–H groups in total. The summed E-state index contributed by atoms with van der Waals surface area (Å²) in [5, 5.41) is 0. The minimum absolute atomic E-state index is 0.0623. The van der Waals surface area contributed by atoms with Gasteiger partial charge in [0, 0.05) is 12.1 Å². The Morgan fingerprint density at radius 3 is 2.57 bits per heavy atom. The van der Waals surface area contributed by atoms with Gasteiger partial charge < -0.3 is 20.1 Å². The quantitative estimate of drug-likeness (QED) is 0.611. The number of esters is 1. The summed E-state index contributed by atoms with van der Waals surface area (Å²) in [4.78, 5) is 25.5. The first-order valence-corrected chi connectivity index (χ1v) is 6.91. The number of ether oxygens (including phenoxy) is 2. The lowest BCUT2D eigenvalue weighted by Crippen LogP contribution is -2.37. The molecule has 1 aromatic rings. The van der Waals surface area contributed by atoms with Crippen molar-refractivity contribution in [2.75, 3.05) is 32.5 Å². The standard InChI is InChI=1S/C15H22N2O4/c1-4-8-17(10-14(18)21-5-2)15(19)11-6-7-12(16)13(9-11)20-3/h6-7,9H,4-5,8,10,16H2,1-3H3. The maximum atomic E-state index is 12.5. The first-order valence-electron chi connectivity index (χ1n) is 6.91. The summed E-state index contributed by atoms with van der Waals surface area (Å²) in [7, 11) is 1.49. The van der Waals surface area contributed by atoms with E-state index in [9.17, 15) is 9.59 Å². The van der Waals surface area contributed by atoms with Crippen LogP contribution in [0.1, 0.15) is 30.6 Å². The lowest BCUT2D eigenvalue weighted by atomic mass is 10.1. The molecule has 0 aromatic heterocycles. The van der Waals surface area contributed by atoms with Crippen molar-refractivity contribution in [1.82, 2.24) is 4.90 Å². The molecule has 1 rings (SSSR count). The fraction of sp³-hybridized carbons (Fsp3) is 0.467. The van der Waals surface area contributed by atoms with E-state index in [-0.39, 0.29) is 12.5 Å². The van der Waals surface area contributed by atoms with E-state index in [2.05, 4.69) is 0 Å². The number of carbonyl (C=O) groups excluding carboxylic acids is 2. The first kappa shape index (κ1) is 16.8. The molecule has 116 valence electrons. The number of rotatable bonds is 7. The van der Waals surface area contributed by atoms with Gasteiger partial charge in [-0.05, 0) is 31.5 Å². The molecule has 1 amide bonds. The number of hydrogen-bond acceptors (Lipinski definition) is 5. The number of nitrogens with two attached hydrogens (primary N) is 1. The monoisotopic (exact) mass is 294 g/mol. The molecule has 21 heavy (non-hydrogen) atoms. The predicted octanol–water partition coefficient (Wildman–Crippen LogP) is 1.69. The van der Waals surface area contributed by atoms with E-state index in [0.717, 1.165) is 6.42 Å². The number of benzene rings is 1. The molecule has 0 saturated heterocycles. The Bertz CT molecular complexity index is 502. The number of nitrogens with zero attached hydrogens (tertiary/aromatic N) is 1. The lowest BCUT2D eigenvalue weighted by Gasteiger charge is -2.21. The highest BCUT2D eigenvalue weighted by molar-refractivity contribution is 5.96. The smallest absolute Gasteiger partial charge is 0.325 e.